The second-order valence-electron chi connectivity index (χ2n) is 6.05. The zero-order chi connectivity index (χ0) is 12.9. The highest BCUT2D eigenvalue weighted by Crippen LogP contribution is 2.18. The van der Waals surface area contributed by atoms with Crippen LogP contribution in [0.5, 0.6) is 0 Å². The van der Waals surface area contributed by atoms with E-state index < -0.39 is 0 Å². The van der Waals surface area contributed by atoms with Gasteiger partial charge in [0.25, 0.3) is 0 Å². The first-order valence-electron chi connectivity index (χ1n) is 6.42. The monoisotopic (exact) mass is 239 g/mol. The van der Waals surface area contributed by atoms with Gasteiger partial charge in [0.15, 0.2) is 5.82 Å². The fourth-order valence-corrected chi connectivity index (χ4v) is 1.57. The fourth-order valence-electron chi connectivity index (χ4n) is 1.57. The van der Waals surface area contributed by atoms with Gasteiger partial charge in [-0.05, 0) is 18.4 Å². The summed E-state index contributed by atoms with van der Waals surface area (Å²) in [5, 5.41) is 7.38. The highest BCUT2D eigenvalue weighted by Gasteiger charge is 2.15. The van der Waals surface area contributed by atoms with Crippen molar-refractivity contribution < 1.29 is 4.52 Å². The third-order valence-corrected chi connectivity index (χ3v) is 2.32. The van der Waals surface area contributed by atoms with Crippen LogP contribution in [0.1, 0.15) is 52.8 Å². The maximum atomic E-state index is 5.23. The van der Waals surface area contributed by atoms with Gasteiger partial charge in [0, 0.05) is 18.9 Å². The Balaban J connectivity index is 2.31. The number of aryl methyl sites for hydroxylation is 1. The zero-order valence-electron chi connectivity index (χ0n) is 11.7. The van der Waals surface area contributed by atoms with Gasteiger partial charge in [0.1, 0.15) is 0 Å². The lowest BCUT2D eigenvalue weighted by molar-refractivity contribution is 0.352. The predicted octanol–water partition coefficient (Wildman–Crippen LogP) is 2.59. The molecule has 0 amide bonds. The van der Waals surface area contributed by atoms with Crippen LogP contribution in [0.4, 0.5) is 0 Å². The molecule has 0 aliphatic carbocycles. The van der Waals surface area contributed by atoms with Gasteiger partial charge in [-0.3, -0.25) is 0 Å². The number of nitrogens with one attached hydrogen (secondary N) is 1. The Morgan fingerprint density at radius 1 is 1.29 bits per heavy atom. The van der Waals surface area contributed by atoms with E-state index >= 15 is 0 Å². The molecular weight excluding hydrogens is 214 g/mol. The van der Waals surface area contributed by atoms with E-state index in [1.165, 1.54) is 0 Å². The predicted molar refractivity (Wildman–Crippen MR) is 68.9 cm³/mol. The van der Waals surface area contributed by atoms with Crippen LogP contribution < -0.4 is 5.32 Å². The Kier molecular flexibility index (Phi) is 5.12. The summed E-state index contributed by atoms with van der Waals surface area (Å²) in [6.45, 7) is 11.8. The molecule has 98 valence electrons. The van der Waals surface area contributed by atoms with Crippen molar-refractivity contribution in [1.29, 1.82) is 0 Å². The summed E-state index contributed by atoms with van der Waals surface area (Å²) in [4.78, 5) is 4.41. The minimum atomic E-state index is 0.209. The van der Waals surface area contributed by atoms with E-state index in [1.807, 2.05) is 0 Å². The summed E-state index contributed by atoms with van der Waals surface area (Å²) in [5.74, 6) is 1.58. The third kappa shape index (κ3) is 6.41. The number of rotatable bonds is 6. The lowest BCUT2D eigenvalue weighted by Gasteiger charge is -2.14. The van der Waals surface area contributed by atoms with Crippen molar-refractivity contribution in [2.45, 2.75) is 59.9 Å². The van der Waals surface area contributed by atoms with E-state index in [9.17, 15) is 0 Å². The summed E-state index contributed by atoms with van der Waals surface area (Å²) in [7, 11) is 0. The first-order valence-corrected chi connectivity index (χ1v) is 6.42. The van der Waals surface area contributed by atoms with E-state index in [-0.39, 0.29) is 5.41 Å². The maximum absolute atomic E-state index is 5.23. The van der Waals surface area contributed by atoms with Crippen molar-refractivity contribution >= 4 is 0 Å². The highest BCUT2D eigenvalue weighted by molar-refractivity contribution is 4.90. The van der Waals surface area contributed by atoms with Gasteiger partial charge in [0.2, 0.25) is 5.89 Å². The van der Waals surface area contributed by atoms with Crippen LogP contribution in [0.2, 0.25) is 0 Å². The molecule has 1 aromatic rings. The van der Waals surface area contributed by atoms with Gasteiger partial charge in [-0.1, -0.05) is 39.8 Å². The van der Waals surface area contributed by atoms with E-state index in [4.69, 9.17) is 4.52 Å². The molecule has 0 aromatic carbocycles. The van der Waals surface area contributed by atoms with Crippen molar-refractivity contribution in [1.82, 2.24) is 15.5 Å². The first kappa shape index (κ1) is 14.2. The van der Waals surface area contributed by atoms with Crippen molar-refractivity contribution in [3.05, 3.63) is 11.7 Å². The fraction of sp³-hybridized carbons (Fsp3) is 0.846. The molecule has 0 aliphatic heterocycles. The molecule has 0 bridgehead atoms. The van der Waals surface area contributed by atoms with E-state index in [1.54, 1.807) is 0 Å². The van der Waals surface area contributed by atoms with Crippen molar-refractivity contribution in [3.63, 3.8) is 0 Å². The van der Waals surface area contributed by atoms with Crippen molar-refractivity contribution in [3.8, 4) is 0 Å². The molecule has 0 aliphatic rings. The van der Waals surface area contributed by atoms with Crippen LogP contribution in [-0.2, 0) is 12.8 Å². The second kappa shape index (κ2) is 6.15. The molecule has 1 rings (SSSR count). The van der Waals surface area contributed by atoms with E-state index in [0.717, 1.165) is 37.5 Å². The van der Waals surface area contributed by atoms with Gasteiger partial charge in [-0.25, -0.2) is 0 Å². The third-order valence-electron chi connectivity index (χ3n) is 2.32. The number of hydrogen-bond acceptors (Lipinski definition) is 4. The molecule has 0 atom stereocenters. The molecule has 1 heterocycles. The number of aromatic nitrogens is 2. The quantitative estimate of drug-likeness (QED) is 0.775. The smallest absolute Gasteiger partial charge is 0.226 e. The molecule has 17 heavy (non-hydrogen) atoms. The van der Waals surface area contributed by atoms with Crippen molar-refractivity contribution in [2.24, 2.45) is 5.41 Å². The normalized spacial score (nSPS) is 12.4. The van der Waals surface area contributed by atoms with E-state index in [2.05, 4.69) is 50.1 Å². The Labute approximate surface area is 104 Å². The Bertz CT molecular complexity index is 326. The molecule has 4 heteroatoms. The molecule has 1 N–H and O–H groups in total. The lowest BCUT2D eigenvalue weighted by atomic mass is 9.92. The molecule has 0 unspecified atom stereocenters. The Morgan fingerprint density at radius 3 is 2.59 bits per heavy atom. The van der Waals surface area contributed by atoms with Crippen LogP contribution >= 0.6 is 0 Å². The Morgan fingerprint density at radius 2 is 2.00 bits per heavy atom. The topological polar surface area (TPSA) is 51.0 Å². The minimum absolute atomic E-state index is 0.209. The molecule has 0 saturated heterocycles. The molecule has 4 nitrogen and oxygen atoms in total. The summed E-state index contributed by atoms with van der Waals surface area (Å²) < 4.78 is 5.23. The van der Waals surface area contributed by atoms with Crippen LogP contribution in [0, 0.1) is 5.41 Å². The molecule has 1 aromatic heterocycles. The van der Waals surface area contributed by atoms with Gasteiger partial charge >= 0.3 is 0 Å². The van der Waals surface area contributed by atoms with Gasteiger partial charge in [0.05, 0.1) is 0 Å². The standard InChI is InChI=1S/C13H25N3O/c1-10(2)14-8-6-7-12-15-11(16-17-12)9-13(3,4)5/h10,14H,6-9H2,1-5H3. The average Bonchev–Trinajstić information content (AvgIpc) is 2.57. The van der Waals surface area contributed by atoms with Crippen molar-refractivity contribution in [2.75, 3.05) is 6.54 Å². The summed E-state index contributed by atoms with van der Waals surface area (Å²) in [5.41, 5.74) is 0.209. The maximum Gasteiger partial charge on any atom is 0.226 e. The Hall–Kier alpha value is -0.900. The summed E-state index contributed by atoms with van der Waals surface area (Å²) in [6.07, 6.45) is 2.76. The molecule has 0 fully saturated rings. The molecule has 0 saturated carbocycles. The van der Waals surface area contributed by atoms with E-state index in [0.29, 0.717) is 6.04 Å². The summed E-state index contributed by atoms with van der Waals surface area (Å²) >= 11 is 0. The van der Waals surface area contributed by atoms with Crippen LogP contribution in [0.25, 0.3) is 0 Å². The summed E-state index contributed by atoms with van der Waals surface area (Å²) in [6, 6.07) is 0.536. The van der Waals surface area contributed by atoms with Gasteiger partial charge in [-0.15, -0.1) is 0 Å². The van der Waals surface area contributed by atoms with Crippen LogP contribution in [0.3, 0.4) is 0 Å². The number of nitrogens with zero attached hydrogens (tertiary/aromatic N) is 2. The zero-order valence-corrected chi connectivity index (χ0v) is 11.7. The number of hydrogen-bond donors (Lipinski definition) is 1. The van der Waals surface area contributed by atoms with Crippen LogP contribution in [0.15, 0.2) is 4.52 Å². The molecule has 0 radical (unpaired) electrons. The van der Waals surface area contributed by atoms with Gasteiger partial charge in [-0.2, -0.15) is 4.98 Å². The SMILES string of the molecule is CC(C)NCCCc1nc(CC(C)(C)C)no1. The minimum Gasteiger partial charge on any atom is -0.339 e. The largest absolute Gasteiger partial charge is 0.339 e. The molecule has 0 spiro atoms. The average molecular weight is 239 g/mol. The van der Waals surface area contributed by atoms with Gasteiger partial charge < -0.3 is 9.84 Å². The highest BCUT2D eigenvalue weighted by atomic mass is 16.5. The first-order chi connectivity index (χ1) is 7.87. The molecular formula is C13H25N3O. The lowest BCUT2D eigenvalue weighted by Crippen LogP contribution is -2.23. The van der Waals surface area contributed by atoms with Crippen LogP contribution in [-0.4, -0.2) is 22.7 Å². The second-order valence-corrected chi connectivity index (χ2v) is 6.05.